The zero-order chi connectivity index (χ0) is 16.3. The number of anilines is 1. The van der Waals surface area contributed by atoms with Crippen LogP contribution in [0.3, 0.4) is 0 Å². The fraction of sp³-hybridized carbons (Fsp3) is 0.400. The Bertz CT molecular complexity index is 842. The maximum absolute atomic E-state index is 14.5. The number of nitrogens with zero attached hydrogens (tertiary/aromatic N) is 4. The summed E-state index contributed by atoms with van der Waals surface area (Å²) in [6, 6.07) is 1.41. The minimum atomic E-state index is -0.516. The summed E-state index contributed by atoms with van der Waals surface area (Å²) in [6.07, 6.45) is 3.79. The summed E-state index contributed by atoms with van der Waals surface area (Å²) in [7, 11) is 1.43. The number of imidazole rings is 1. The highest BCUT2D eigenvalue weighted by molar-refractivity contribution is 6.13. The monoisotopic (exact) mass is 317 g/mol. The number of urea groups is 1. The Labute approximate surface area is 131 Å². The van der Waals surface area contributed by atoms with E-state index in [-0.39, 0.29) is 24.7 Å². The maximum atomic E-state index is 14.5. The molecule has 1 saturated heterocycles. The smallest absolute Gasteiger partial charge is 0.325 e. The van der Waals surface area contributed by atoms with Crippen LogP contribution in [0.15, 0.2) is 12.3 Å². The molecule has 3 amide bonds. The topological polar surface area (TPSA) is 83.9 Å². The van der Waals surface area contributed by atoms with Gasteiger partial charge in [-0.25, -0.2) is 9.78 Å². The summed E-state index contributed by atoms with van der Waals surface area (Å²) in [5.41, 5.74) is 7.39. The number of rotatable bonds is 3. The zero-order valence-electron chi connectivity index (χ0n) is 12.6. The van der Waals surface area contributed by atoms with Gasteiger partial charge in [-0.15, -0.1) is 0 Å². The molecule has 3 heterocycles. The summed E-state index contributed by atoms with van der Waals surface area (Å²) in [5, 5.41) is 0. The minimum absolute atomic E-state index is 0.0293. The molecule has 2 N–H and O–H groups in total. The van der Waals surface area contributed by atoms with Crippen LogP contribution in [0, 0.1) is 5.95 Å². The third-order valence-corrected chi connectivity index (χ3v) is 4.45. The molecule has 2 aromatic rings. The summed E-state index contributed by atoms with van der Waals surface area (Å²) in [4.78, 5) is 30.7. The largest absolute Gasteiger partial charge is 0.331 e. The van der Waals surface area contributed by atoms with Crippen LogP contribution in [0.4, 0.5) is 14.9 Å². The van der Waals surface area contributed by atoms with Crippen LogP contribution in [0.5, 0.6) is 0 Å². The van der Waals surface area contributed by atoms with E-state index < -0.39 is 12.0 Å². The maximum Gasteiger partial charge on any atom is 0.331 e. The van der Waals surface area contributed by atoms with E-state index in [1.807, 2.05) is 6.07 Å². The van der Waals surface area contributed by atoms with E-state index in [0.717, 1.165) is 23.3 Å². The van der Waals surface area contributed by atoms with E-state index in [0.29, 0.717) is 17.3 Å². The van der Waals surface area contributed by atoms with Gasteiger partial charge in [-0.1, -0.05) is 0 Å². The van der Waals surface area contributed by atoms with Crippen LogP contribution >= 0.6 is 0 Å². The normalized spacial score (nSPS) is 18.6. The van der Waals surface area contributed by atoms with E-state index in [1.54, 1.807) is 6.20 Å². The number of pyridine rings is 1. The van der Waals surface area contributed by atoms with E-state index in [1.165, 1.54) is 16.3 Å². The van der Waals surface area contributed by atoms with Gasteiger partial charge in [0.05, 0.1) is 5.69 Å². The SMILES string of the molecule is CN1C(=O)CN(c2cc(C3CC3)cn3c(F)c(CN)nc23)C1=O. The lowest BCUT2D eigenvalue weighted by Crippen LogP contribution is -2.30. The molecule has 0 aromatic carbocycles. The number of imide groups is 1. The van der Waals surface area contributed by atoms with Crippen LogP contribution in [0.25, 0.3) is 5.65 Å². The lowest BCUT2D eigenvalue weighted by Gasteiger charge is -2.17. The van der Waals surface area contributed by atoms with Crippen molar-refractivity contribution in [2.45, 2.75) is 25.3 Å². The van der Waals surface area contributed by atoms with Crippen LogP contribution < -0.4 is 10.6 Å². The Kier molecular flexibility index (Phi) is 2.92. The molecule has 1 aliphatic carbocycles. The second kappa shape index (κ2) is 4.76. The molecule has 7 nitrogen and oxygen atoms in total. The number of fused-ring (bicyclic) bond motifs is 1. The Hall–Kier alpha value is -2.48. The summed E-state index contributed by atoms with van der Waals surface area (Å²) < 4.78 is 15.8. The summed E-state index contributed by atoms with van der Waals surface area (Å²) in [5.74, 6) is -0.443. The van der Waals surface area contributed by atoms with E-state index in [9.17, 15) is 14.0 Å². The van der Waals surface area contributed by atoms with Gasteiger partial charge in [-0.05, 0) is 30.4 Å². The highest BCUT2D eigenvalue weighted by Crippen LogP contribution is 2.42. The molecule has 0 radical (unpaired) electrons. The first-order valence-corrected chi connectivity index (χ1v) is 7.49. The molecule has 1 saturated carbocycles. The van der Waals surface area contributed by atoms with E-state index >= 15 is 0 Å². The van der Waals surface area contributed by atoms with Gasteiger partial charge in [0.2, 0.25) is 11.9 Å². The van der Waals surface area contributed by atoms with Crippen molar-refractivity contribution >= 4 is 23.3 Å². The van der Waals surface area contributed by atoms with Gasteiger partial charge >= 0.3 is 6.03 Å². The fourth-order valence-electron chi connectivity index (χ4n) is 2.92. The molecule has 0 unspecified atom stereocenters. The summed E-state index contributed by atoms with van der Waals surface area (Å²) >= 11 is 0. The molecule has 1 aliphatic heterocycles. The Morgan fingerprint density at radius 1 is 1.39 bits per heavy atom. The van der Waals surface area contributed by atoms with Gasteiger partial charge in [-0.2, -0.15) is 4.39 Å². The van der Waals surface area contributed by atoms with Gasteiger partial charge in [0.1, 0.15) is 12.2 Å². The average molecular weight is 317 g/mol. The van der Waals surface area contributed by atoms with Crippen LogP contribution in [0.2, 0.25) is 0 Å². The lowest BCUT2D eigenvalue weighted by molar-refractivity contribution is -0.123. The summed E-state index contributed by atoms with van der Waals surface area (Å²) in [6.45, 7) is -0.0932. The first-order chi connectivity index (χ1) is 11.0. The van der Waals surface area contributed by atoms with Crippen LogP contribution in [-0.4, -0.2) is 39.8 Å². The lowest BCUT2D eigenvalue weighted by atomic mass is 10.1. The number of hydrogen-bond acceptors (Lipinski definition) is 4. The zero-order valence-corrected chi connectivity index (χ0v) is 12.6. The molecule has 2 aromatic heterocycles. The number of halogens is 1. The van der Waals surface area contributed by atoms with Crippen LogP contribution in [0.1, 0.15) is 30.0 Å². The number of likely N-dealkylation sites (N-methyl/N-ethyl adjacent to an activating group) is 1. The third kappa shape index (κ3) is 2.02. The third-order valence-electron chi connectivity index (χ3n) is 4.45. The number of aromatic nitrogens is 2. The van der Waals surface area contributed by atoms with Crippen LogP contribution in [-0.2, 0) is 11.3 Å². The van der Waals surface area contributed by atoms with Crippen molar-refractivity contribution in [3.05, 3.63) is 29.5 Å². The van der Waals surface area contributed by atoms with Gasteiger partial charge < -0.3 is 5.73 Å². The standard InChI is InChI=1S/C15H16FN5O2/c1-19-12(22)7-20(15(19)23)11-4-9(8-2-3-8)6-21-13(16)10(5-17)18-14(11)21/h4,6,8H,2-3,5,7,17H2,1H3. The molecule has 120 valence electrons. The van der Waals surface area contributed by atoms with Crippen molar-refractivity contribution in [2.24, 2.45) is 5.73 Å². The first-order valence-electron chi connectivity index (χ1n) is 7.49. The molecule has 0 bridgehead atoms. The van der Waals surface area contributed by atoms with Gasteiger partial charge in [0, 0.05) is 19.8 Å². The first kappa shape index (κ1) is 14.1. The number of hydrogen-bond donors (Lipinski definition) is 1. The number of amides is 3. The fourth-order valence-corrected chi connectivity index (χ4v) is 2.92. The Balaban J connectivity index is 1.94. The number of nitrogens with two attached hydrogens (primary N) is 1. The van der Waals surface area contributed by atoms with Crippen molar-refractivity contribution in [1.82, 2.24) is 14.3 Å². The predicted octanol–water partition coefficient (Wildman–Crippen LogP) is 1.21. The molecule has 0 atom stereocenters. The highest BCUT2D eigenvalue weighted by atomic mass is 19.1. The predicted molar refractivity (Wildman–Crippen MR) is 80.5 cm³/mol. The molecule has 2 fully saturated rings. The van der Waals surface area contributed by atoms with Crippen molar-refractivity contribution < 1.29 is 14.0 Å². The Morgan fingerprint density at radius 3 is 2.70 bits per heavy atom. The van der Waals surface area contributed by atoms with Crippen molar-refractivity contribution in [2.75, 3.05) is 18.5 Å². The van der Waals surface area contributed by atoms with E-state index in [2.05, 4.69) is 4.98 Å². The number of carbonyl (C=O) groups excluding carboxylic acids is 2. The molecule has 23 heavy (non-hydrogen) atoms. The molecule has 4 rings (SSSR count). The molecule has 0 spiro atoms. The van der Waals surface area contributed by atoms with Crippen molar-refractivity contribution in [3.63, 3.8) is 0 Å². The van der Waals surface area contributed by atoms with E-state index in [4.69, 9.17) is 5.73 Å². The molecule has 2 aliphatic rings. The average Bonchev–Trinajstić information content (AvgIpc) is 3.30. The van der Waals surface area contributed by atoms with Gasteiger partial charge in [0.15, 0.2) is 5.65 Å². The van der Waals surface area contributed by atoms with Gasteiger partial charge in [-0.3, -0.25) is 19.0 Å². The van der Waals surface area contributed by atoms with Crippen molar-refractivity contribution in [1.29, 1.82) is 0 Å². The molecular formula is C15H16FN5O2. The minimum Gasteiger partial charge on any atom is -0.325 e. The Morgan fingerprint density at radius 2 is 2.13 bits per heavy atom. The second-order valence-corrected chi connectivity index (χ2v) is 6.00. The second-order valence-electron chi connectivity index (χ2n) is 6.00. The molecule has 8 heteroatoms. The molecular weight excluding hydrogens is 301 g/mol. The quantitative estimate of drug-likeness (QED) is 0.862. The highest BCUT2D eigenvalue weighted by Gasteiger charge is 2.37. The number of carbonyl (C=O) groups is 2. The van der Waals surface area contributed by atoms with Crippen molar-refractivity contribution in [3.8, 4) is 0 Å². The van der Waals surface area contributed by atoms with Gasteiger partial charge in [0.25, 0.3) is 0 Å².